The van der Waals surface area contributed by atoms with Crippen molar-refractivity contribution in [1.29, 1.82) is 0 Å². The van der Waals surface area contributed by atoms with E-state index in [4.69, 9.17) is 16.7 Å². The first kappa shape index (κ1) is 15.8. The highest BCUT2D eigenvalue weighted by atomic mass is 35.5. The van der Waals surface area contributed by atoms with Crippen molar-refractivity contribution in [3.63, 3.8) is 0 Å². The van der Waals surface area contributed by atoms with Crippen LogP contribution in [0.2, 0.25) is 5.02 Å². The van der Waals surface area contributed by atoms with Crippen LogP contribution in [0.15, 0.2) is 23.1 Å². The quantitative estimate of drug-likeness (QED) is 0.609. The van der Waals surface area contributed by atoms with Gasteiger partial charge in [-0.2, -0.15) is 0 Å². The molecule has 0 amide bonds. The number of halogens is 1. The van der Waals surface area contributed by atoms with Crippen LogP contribution in [0, 0.1) is 10.1 Å². The van der Waals surface area contributed by atoms with Gasteiger partial charge in [-0.3, -0.25) is 10.1 Å². The molecular weight excluding hydrogens is 320 g/mol. The first-order chi connectivity index (χ1) is 8.53. The fraction of sp³-hybridized carbons (Fsp3) is 0.250. The summed E-state index contributed by atoms with van der Waals surface area (Å²) in [5.41, 5.74) is -0.668. The number of hydrogen-bond acceptors (Lipinski definition) is 6. The lowest BCUT2D eigenvalue weighted by molar-refractivity contribution is -0.387. The summed E-state index contributed by atoms with van der Waals surface area (Å²) in [6.45, 7) is 0. The van der Waals surface area contributed by atoms with Crippen LogP contribution in [0.1, 0.15) is 0 Å². The first-order valence-electron chi connectivity index (χ1n) is 4.70. The molecular formula is C8H9ClN2O6S2. The van der Waals surface area contributed by atoms with Gasteiger partial charge >= 0.3 is 0 Å². The van der Waals surface area contributed by atoms with Crippen molar-refractivity contribution in [2.45, 2.75) is 4.90 Å². The zero-order chi connectivity index (χ0) is 14.8. The van der Waals surface area contributed by atoms with E-state index in [0.29, 0.717) is 0 Å². The number of rotatable bonds is 5. The molecule has 19 heavy (non-hydrogen) atoms. The molecule has 0 spiro atoms. The van der Waals surface area contributed by atoms with Gasteiger partial charge in [0.1, 0.15) is 4.90 Å². The van der Waals surface area contributed by atoms with Gasteiger partial charge in [0.05, 0.1) is 16.4 Å². The molecule has 0 aliphatic carbocycles. The number of sulfone groups is 1. The molecule has 1 aromatic rings. The van der Waals surface area contributed by atoms with Crippen LogP contribution in [0.5, 0.6) is 0 Å². The van der Waals surface area contributed by atoms with Gasteiger partial charge < -0.3 is 0 Å². The topological polar surface area (TPSA) is 137 Å². The van der Waals surface area contributed by atoms with E-state index in [2.05, 4.69) is 0 Å². The molecule has 0 aliphatic heterocycles. The van der Waals surface area contributed by atoms with E-state index in [1.807, 2.05) is 0 Å². The maximum absolute atomic E-state index is 11.9. The van der Waals surface area contributed by atoms with Crippen molar-refractivity contribution in [2.24, 2.45) is 5.14 Å². The Kier molecular flexibility index (Phi) is 4.50. The molecule has 11 heteroatoms. The Hall–Kier alpha value is -1.23. The van der Waals surface area contributed by atoms with Crippen LogP contribution in [0.4, 0.5) is 5.69 Å². The van der Waals surface area contributed by atoms with Crippen LogP contribution in [-0.2, 0) is 19.9 Å². The molecule has 2 N–H and O–H groups in total. The van der Waals surface area contributed by atoms with Crippen LogP contribution in [0.25, 0.3) is 0 Å². The zero-order valence-electron chi connectivity index (χ0n) is 9.31. The second kappa shape index (κ2) is 5.41. The van der Waals surface area contributed by atoms with E-state index in [0.717, 1.165) is 12.1 Å². The SMILES string of the molecule is NS(=O)(=O)CCS(=O)(=O)c1cc(Cl)ccc1[N+](=O)[O-]. The third-order valence-electron chi connectivity index (χ3n) is 2.09. The number of nitro groups is 1. The predicted molar refractivity (Wildman–Crippen MR) is 68.1 cm³/mol. The summed E-state index contributed by atoms with van der Waals surface area (Å²) in [5, 5.41) is 15.4. The minimum Gasteiger partial charge on any atom is -0.258 e. The minimum atomic E-state index is -4.18. The van der Waals surface area contributed by atoms with Crippen molar-refractivity contribution in [3.05, 3.63) is 33.3 Å². The highest BCUT2D eigenvalue weighted by molar-refractivity contribution is 7.94. The standard InChI is InChI=1S/C8H9ClN2O6S2/c9-6-1-2-7(11(12)13)8(5-6)18(14,15)3-4-19(10,16)17/h1-2,5H,3-4H2,(H2,10,16,17). The summed E-state index contributed by atoms with van der Waals surface area (Å²) >= 11 is 5.59. The van der Waals surface area contributed by atoms with Gasteiger partial charge in [-0.25, -0.2) is 22.0 Å². The Morgan fingerprint density at radius 2 is 1.79 bits per heavy atom. The number of nitro benzene ring substituents is 1. The largest absolute Gasteiger partial charge is 0.288 e. The number of nitrogens with zero attached hydrogens (tertiary/aromatic N) is 1. The van der Waals surface area contributed by atoms with Crippen molar-refractivity contribution in [3.8, 4) is 0 Å². The smallest absolute Gasteiger partial charge is 0.258 e. The third kappa shape index (κ3) is 4.42. The molecule has 0 aliphatic rings. The zero-order valence-corrected chi connectivity index (χ0v) is 11.7. The summed E-state index contributed by atoms with van der Waals surface area (Å²) in [5.74, 6) is -1.69. The highest BCUT2D eigenvalue weighted by Crippen LogP contribution is 2.27. The Labute approximate surface area is 114 Å². The van der Waals surface area contributed by atoms with Crippen LogP contribution < -0.4 is 5.14 Å². The summed E-state index contributed by atoms with van der Waals surface area (Å²) in [4.78, 5) is 9.22. The molecule has 1 rings (SSSR count). The lowest BCUT2D eigenvalue weighted by atomic mass is 10.3. The molecule has 0 unspecified atom stereocenters. The van der Waals surface area contributed by atoms with Crippen molar-refractivity contribution in [1.82, 2.24) is 0 Å². The molecule has 0 heterocycles. The molecule has 1 aromatic carbocycles. The summed E-state index contributed by atoms with van der Waals surface area (Å²) in [7, 11) is -8.17. The molecule has 0 radical (unpaired) electrons. The van der Waals surface area contributed by atoms with Gasteiger partial charge in [0.2, 0.25) is 10.0 Å². The van der Waals surface area contributed by atoms with Crippen LogP contribution in [0.3, 0.4) is 0 Å². The fourth-order valence-corrected chi connectivity index (χ4v) is 4.26. The van der Waals surface area contributed by atoms with Gasteiger partial charge in [0.25, 0.3) is 5.69 Å². The van der Waals surface area contributed by atoms with E-state index in [1.54, 1.807) is 0 Å². The van der Waals surface area contributed by atoms with Gasteiger partial charge in [-0.05, 0) is 12.1 Å². The highest BCUT2D eigenvalue weighted by Gasteiger charge is 2.27. The number of nitrogens with two attached hydrogens (primary N) is 1. The van der Waals surface area contributed by atoms with E-state index in [9.17, 15) is 26.9 Å². The van der Waals surface area contributed by atoms with E-state index >= 15 is 0 Å². The third-order valence-corrected chi connectivity index (χ3v) is 5.10. The van der Waals surface area contributed by atoms with Crippen molar-refractivity contribution < 1.29 is 21.8 Å². The van der Waals surface area contributed by atoms with Gasteiger partial charge in [-0.1, -0.05) is 11.6 Å². The van der Waals surface area contributed by atoms with E-state index in [-0.39, 0.29) is 5.02 Å². The second-order valence-corrected chi connectivity index (χ2v) is 7.80. The van der Waals surface area contributed by atoms with E-state index in [1.165, 1.54) is 6.07 Å². The molecule has 8 nitrogen and oxygen atoms in total. The Morgan fingerprint density at radius 1 is 1.21 bits per heavy atom. The molecule has 0 bridgehead atoms. The number of hydrogen-bond donors (Lipinski definition) is 1. The van der Waals surface area contributed by atoms with Gasteiger partial charge in [0, 0.05) is 11.1 Å². The number of primary sulfonamides is 1. The number of sulfonamides is 1. The second-order valence-electron chi connectivity index (χ2n) is 3.56. The van der Waals surface area contributed by atoms with Crippen molar-refractivity contribution >= 4 is 37.1 Å². The minimum absolute atomic E-state index is 0.0141. The Morgan fingerprint density at radius 3 is 2.26 bits per heavy atom. The van der Waals surface area contributed by atoms with Gasteiger partial charge in [0.15, 0.2) is 9.84 Å². The predicted octanol–water partition coefficient (Wildman–Crippen LogP) is 0.310. The summed E-state index contributed by atoms with van der Waals surface area (Å²) < 4.78 is 45.2. The molecule has 0 saturated carbocycles. The first-order valence-corrected chi connectivity index (χ1v) is 8.45. The average Bonchev–Trinajstić information content (AvgIpc) is 2.25. The summed E-state index contributed by atoms with van der Waals surface area (Å²) in [6.07, 6.45) is 0. The van der Waals surface area contributed by atoms with E-state index < -0.39 is 46.9 Å². The van der Waals surface area contributed by atoms with Crippen LogP contribution >= 0.6 is 11.6 Å². The lowest BCUT2D eigenvalue weighted by Crippen LogP contribution is -2.23. The molecule has 0 saturated heterocycles. The lowest BCUT2D eigenvalue weighted by Gasteiger charge is -2.05. The summed E-state index contributed by atoms with van der Waals surface area (Å²) in [6, 6.07) is 3.00. The Balaban J connectivity index is 3.28. The molecule has 0 fully saturated rings. The normalized spacial score (nSPS) is 12.3. The van der Waals surface area contributed by atoms with Crippen LogP contribution in [-0.4, -0.2) is 33.3 Å². The molecule has 106 valence electrons. The van der Waals surface area contributed by atoms with Gasteiger partial charge in [-0.15, -0.1) is 0 Å². The average molecular weight is 329 g/mol. The monoisotopic (exact) mass is 328 g/mol. The fourth-order valence-electron chi connectivity index (χ4n) is 1.22. The maximum Gasteiger partial charge on any atom is 0.288 e. The molecule has 0 atom stereocenters. The Bertz CT molecular complexity index is 713. The molecule has 0 aromatic heterocycles. The maximum atomic E-state index is 11.9. The van der Waals surface area contributed by atoms with Crippen molar-refractivity contribution in [2.75, 3.05) is 11.5 Å². The number of benzene rings is 1.